The quantitative estimate of drug-likeness (QED) is 0.309. The third-order valence-electron chi connectivity index (χ3n) is 5.16. The lowest BCUT2D eigenvalue weighted by Crippen LogP contribution is -2.29. The summed E-state index contributed by atoms with van der Waals surface area (Å²) >= 11 is 3.36. The van der Waals surface area contributed by atoms with Gasteiger partial charge in [-0.3, -0.25) is 14.5 Å². The largest absolute Gasteiger partial charge is 0.507 e. The van der Waals surface area contributed by atoms with Crippen LogP contribution in [-0.4, -0.2) is 22.0 Å². The third kappa shape index (κ3) is 3.81. The average Bonchev–Trinajstić information content (AvgIpc) is 3.32. The molecule has 0 unspecified atom stereocenters. The number of hydrogen-bond donors (Lipinski definition) is 1. The highest BCUT2D eigenvalue weighted by molar-refractivity contribution is 9.10. The predicted molar refractivity (Wildman–Crippen MR) is 121 cm³/mol. The van der Waals surface area contributed by atoms with Crippen LogP contribution in [0.2, 0.25) is 0 Å². The highest BCUT2D eigenvalue weighted by atomic mass is 79.9. The van der Waals surface area contributed by atoms with Gasteiger partial charge >= 0.3 is 5.91 Å². The van der Waals surface area contributed by atoms with E-state index in [-0.39, 0.29) is 22.6 Å². The lowest BCUT2D eigenvalue weighted by molar-refractivity contribution is -0.132. The fraction of sp³-hybridized carbons (Fsp3) is 0.208. The topological polar surface area (TPSA) is 83.6 Å². The lowest BCUT2D eigenvalue weighted by atomic mass is 9.93. The molecule has 1 aliphatic rings. The summed E-state index contributed by atoms with van der Waals surface area (Å²) in [7, 11) is 0. The van der Waals surface area contributed by atoms with Gasteiger partial charge in [-0.05, 0) is 17.7 Å². The normalized spacial score (nSPS) is 18.6. The zero-order valence-corrected chi connectivity index (χ0v) is 18.9. The Labute approximate surface area is 188 Å². The number of halogens is 1. The van der Waals surface area contributed by atoms with Crippen molar-refractivity contribution < 1.29 is 19.2 Å². The summed E-state index contributed by atoms with van der Waals surface area (Å²) < 4.78 is 6.30. The number of aliphatic hydroxyl groups excluding tert-OH is 1. The van der Waals surface area contributed by atoms with Gasteiger partial charge in [-0.2, -0.15) is 0 Å². The molecule has 0 aliphatic carbocycles. The first-order valence-corrected chi connectivity index (χ1v) is 10.6. The van der Waals surface area contributed by atoms with Gasteiger partial charge in [-0.1, -0.05) is 84.3 Å². The molecule has 1 N–H and O–H groups in total. The van der Waals surface area contributed by atoms with Gasteiger partial charge in [-0.25, -0.2) is 0 Å². The maximum Gasteiger partial charge on any atom is 0.301 e. The van der Waals surface area contributed by atoms with E-state index in [4.69, 9.17) is 4.52 Å². The molecular formula is C24H21BrN2O4. The van der Waals surface area contributed by atoms with E-state index in [9.17, 15) is 14.7 Å². The molecule has 0 bridgehead atoms. The molecule has 1 aliphatic heterocycles. The fourth-order valence-corrected chi connectivity index (χ4v) is 3.78. The summed E-state index contributed by atoms with van der Waals surface area (Å²) in [6.45, 7) is 5.90. The highest BCUT2D eigenvalue weighted by Gasteiger charge is 2.48. The van der Waals surface area contributed by atoms with Gasteiger partial charge in [0.25, 0.3) is 5.78 Å². The molecule has 0 radical (unpaired) electrons. The Morgan fingerprint density at radius 2 is 1.71 bits per heavy atom. The van der Waals surface area contributed by atoms with E-state index in [1.54, 1.807) is 30.3 Å². The second-order valence-electron chi connectivity index (χ2n) is 8.39. The minimum absolute atomic E-state index is 0.0128. The van der Waals surface area contributed by atoms with Crippen LogP contribution >= 0.6 is 15.9 Å². The molecule has 2 heterocycles. The Kier molecular flexibility index (Phi) is 5.31. The van der Waals surface area contributed by atoms with Crippen LogP contribution in [-0.2, 0) is 15.0 Å². The van der Waals surface area contributed by atoms with Gasteiger partial charge in [-0.15, -0.1) is 0 Å². The molecule has 2 aromatic carbocycles. The smallest absolute Gasteiger partial charge is 0.301 e. The Morgan fingerprint density at radius 3 is 2.29 bits per heavy atom. The van der Waals surface area contributed by atoms with Crippen LogP contribution in [0.25, 0.3) is 5.76 Å². The summed E-state index contributed by atoms with van der Waals surface area (Å²) in [6, 6.07) is 16.8. The molecule has 6 nitrogen and oxygen atoms in total. The zero-order valence-electron chi connectivity index (χ0n) is 17.3. The van der Waals surface area contributed by atoms with Crippen molar-refractivity contribution in [3.8, 4) is 0 Å². The van der Waals surface area contributed by atoms with E-state index in [1.807, 2.05) is 51.1 Å². The van der Waals surface area contributed by atoms with Gasteiger partial charge in [0.1, 0.15) is 11.5 Å². The highest BCUT2D eigenvalue weighted by Crippen LogP contribution is 2.42. The van der Waals surface area contributed by atoms with Gasteiger partial charge in [0.15, 0.2) is 5.82 Å². The second-order valence-corrected chi connectivity index (χ2v) is 9.30. The number of carbonyl (C=O) groups is 2. The van der Waals surface area contributed by atoms with Crippen LogP contribution in [0.15, 0.2) is 75.2 Å². The van der Waals surface area contributed by atoms with Crippen molar-refractivity contribution in [1.82, 2.24) is 5.16 Å². The summed E-state index contributed by atoms with van der Waals surface area (Å²) in [5, 5.41) is 15.1. The van der Waals surface area contributed by atoms with Crippen molar-refractivity contribution >= 4 is 39.2 Å². The maximum atomic E-state index is 13.1. The van der Waals surface area contributed by atoms with Crippen LogP contribution in [0.5, 0.6) is 0 Å². The van der Waals surface area contributed by atoms with E-state index in [0.29, 0.717) is 16.9 Å². The Morgan fingerprint density at radius 1 is 1.06 bits per heavy atom. The van der Waals surface area contributed by atoms with E-state index >= 15 is 0 Å². The molecule has 1 atom stereocenters. The number of rotatable bonds is 3. The number of ketones is 1. The van der Waals surface area contributed by atoms with E-state index in [0.717, 1.165) is 4.47 Å². The molecular weight excluding hydrogens is 460 g/mol. The van der Waals surface area contributed by atoms with E-state index in [1.165, 1.54) is 4.90 Å². The van der Waals surface area contributed by atoms with Gasteiger partial charge in [0.2, 0.25) is 0 Å². The summed E-state index contributed by atoms with van der Waals surface area (Å²) in [4.78, 5) is 27.5. The number of Topliss-reactive ketones (excluding diaryl/α,β-unsaturated/α-hetero) is 1. The predicted octanol–water partition coefficient (Wildman–Crippen LogP) is 5.36. The molecule has 3 aromatic rings. The Balaban J connectivity index is 1.91. The number of carbonyl (C=O) groups excluding carboxylic acids is 2. The standard InChI is InChI=1S/C24H21BrN2O4/c1-24(2,3)17-13-18(26-31-17)27-20(14-7-5-4-6-8-14)19(22(29)23(27)30)21(28)15-9-11-16(25)12-10-15/h4-13,20,28H,1-3H3/t20-/m1/s1. The molecule has 1 aromatic heterocycles. The van der Waals surface area contributed by atoms with Crippen LogP contribution in [0, 0.1) is 0 Å². The Bertz CT molecular complexity index is 1170. The number of amides is 1. The van der Waals surface area contributed by atoms with Gasteiger partial charge in [0.05, 0.1) is 11.6 Å². The molecule has 0 spiro atoms. The lowest BCUT2D eigenvalue weighted by Gasteiger charge is -2.22. The first-order chi connectivity index (χ1) is 14.7. The molecule has 4 rings (SSSR count). The third-order valence-corrected chi connectivity index (χ3v) is 5.69. The zero-order chi connectivity index (χ0) is 22.3. The average molecular weight is 481 g/mol. The van der Waals surface area contributed by atoms with E-state index < -0.39 is 17.7 Å². The van der Waals surface area contributed by atoms with Gasteiger partial charge < -0.3 is 9.63 Å². The Hall–Kier alpha value is -3.19. The molecule has 1 saturated heterocycles. The molecule has 0 saturated carbocycles. The summed E-state index contributed by atoms with van der Waals surface area (Å²) in [5.74, 6) is -0.947. The molecule has 1 amide bonds. The first-order valence-electron chi connectivity index (χ1n) is 9.77. The number of aliphatic hydroxyl groups is 1. The minimum atomic E-state index is -0.831. The van der Waals surface area contributed by atoms with Crippen molar-refractivity contribution in [3.05, 3.63) is 87.6 Å². The van der Waals surface area contributed by atoms with Crippen LogP contribution in [0.3, 0.4) is 0 Å². The van der Waals surface area contributed by atoms with E-state index in [2.05, 4.69) is 21.1 Å². The second kappa shape index (κ2) is 7.81. The number of aromatic nitrogens is 1. The van der Waals surface area contributed by atoms with Crippen LogP contribution in [0.4, 0.5) is 5.82 Å². The van der Waals surface area contributed by atoms with Crippen LogP contribution < -0.4 is 4.90 Å². The number of benzene rings is 2. The summed E-state index contributed by atoms with van der Waals surface area (Å²) in [6.07, 6.45) is 0. The van der Waals surface area contributed by atoms with Crippen molar-refractivity contribution in [2.45, 2.75) is 32.2 Å². The summed E-state index contributed by atoms with van der Waals surface area (Å²) in [5.41, 5.74) is 0.815. The number of hydrogen-bond acceptors (Lipinski definition) is 5. The SMILES string of the molecule is CC(C)(C)c1cc(N2C(=O)C(=O)C(=C(O)c3ccc(Br)cc3)[C@H]2c2ccccc2)no1. The molecule has 1 fully saturated rings. The fourth-order valence-electron chi connectivity index (χ4n) is 3.52. The molecule has 7 heteroatoms. The van der Waals surface area contributed by atoms with Crippen molar-refractivity contribution in [3.63, 3.8) is 0 Å². The minimum Gasteiger partial charge on any atom is -0.507 e. The van der Waals surface area contributed by atoms with Crippen molar-refractivity contribution in [2.24, 2.45) is 0 Å². The molecule has 31 heavy (non-hydrogen) atoms. The first kappa shape index (κ1) is 21.1. The van der Waals surface area contributed by atoms with Crippen LogP contribution in [0.1, 0.15) is 43.7 Å². The maximum absolute atomic E-state index is 13.1. The number of anilines is 1. The monoisotopic (exact) mass is 480 g/mol. The molecule has 158 valence electrons. The van der Waals surface area contributed by atoms with Crippen molar-refractivity contribution in [2.75, 3.05) is 4.90 Å². The van der Waals surface area contributed by atoms with Crippen molar-refractivity contribution in [1.29, 1.82) is 0 Å². The van der Waals surface area contributed by atoms with Gasteiger partial charge in [0, 0.05) is 21.5 Å². The number of nitrogens with zero attached hydrogens (tertiary/aromatic N) is 2.